The number of aromatic nitrogens is 2. The lowest BCUT2D eigenvalue weighted by Crippen LogP contribution is -2.44. The van der Waals surface area contributed by atoms with Crippen LogP contribution in [0.15, 0.2) is 0 Å². The van der Waals surface area contributed by atoms with E-state index in [0.29, 0.717) is 24.5 Å². The molecule has 128 valence electrons. The standard InChI is InChI=1S/C16H26N4O2S/c1-10(2)14-18-19-15(23-14)17-13(22)11-7-6-8-20(11)12(21)9-16(3,4)5/h10-11H,6-9H2,1-5H3,(H,17,19,22). The molecule has 0 spiro atoms. The van der Waals surface area contributed by atoms with Crippen LogP contribution in [0.25, 0.3) is 0 Å². The average molecular weight is 338 g/mol. The molecule has 1 aromatic rings. The predicted molar refractivity (Wildman–Crippen MR) is 91.4 cm³/mol. The van der Waals surface area contributed by atoms with Crippen LogP contribution in [-0.4, -0.2) is 39.5 Å². The highest BCUT2D eigenvalue weighted by molar-refractivity contribution is 7.15. The number of hydrogen-bond donors (Lipinski definition) is 1. The van der Waals surface area contributed by atoms with Crippen LogP contribution in [-0.2, 0) is 9.59 Å². The molecule has 0 aliphatic carbocycles. The van der Waals surface area contributed by atoms with Crippen molar-refractivity contribution in [1.82, 2.24) is 15.1 Å². The summed E-state index contributed by atoms with van der Waals surface area (Å²) >= 11 is 1.39. The molecule has 1 N–H and O–H groups in total. The molecule has 0 radical (unpaired) electrons. The van der Waals surface area contributed by atoms with E-state index in [4.69, 9.17) is 0 Å². The average Bonchev–Trinajstić information content (AvgIpc) is 3.04. The van der Waals surface area contributed by atoms with Crippen LogP contribution in [0.1, 0.15) is 64.8 Å². The van der Waals surface area contributed by atoms with Crippen LogP contribution in [0.3, 0.4) is 0 Å². The van der Waals surface area contributed by atoms with Gasteiger partial charge in [0, 0.05) is 18.9 Å². The van der Waals surface area contributed by atoms with E-state index < -0.39 is 6.04 Å². The van der Waals surface area contributed by atoms with Crippen molar-refractivity contribution in [2.45, 2.75) is 65.8 Å². The van der Waals surface area contributed by atoms with Gasteiger partial charge in [-0.1, -0.05) is 46.0 Å². The summed E-state index contributed by atoms with van der Waals surface area (Å²) in [6.07, 6.45) is 2.02. The maximum absolute atomic E-state index is 12.5. The Labute approximate surface area is 141 Å². The molecule has 23 heavy (non-hydrogen) atoms. The van der Waals surface area contributed by atoms with Crippen molar-refractivity contribution in [1.29, 1.82) is 0 Å². The molecule has 1 unspecified atom stereocenters. The van der Waals surface area contributed by atoms with E-state index in [2.05, 4.69) is 15.5 Å². The molecule has 2 rings (SSSR count). The molecular formula is C16H26N4O2S. The maximum atomic E-state index is 12.5. The maximum Gasteiger partial charge on any atom is 0.249 e. The number of carbonyl (C=O) groups excluding carboxylic acids is 2. The van der Waals surface area contributed by atoms with E-state index in [9.17, 15) is 9.59 Å². The SMILES string of the molecule is CC(C)c1nnc(NC(=O)C2CCCN2C(=O)CC(C)(C)C)s1. The number of nitrogens with one attached hydrogen (secondary N) is 1. The van der Waals surface area contributed by atoms with Gasteiger partial charge < -0.3 is 4.90 Å². The first-order valence-corrected chi connectivity index (χ1v) is 8.93. The molecule has 0 bridgehead atoms. The third-order valence-electron chi connectivity index (χ3n) is 3.72. The van der Waals surface area contributed by atoms with Crippen molar-refractivity contribution in [2.24, 2.45) is 5.41 Å². The smallest absolute Gasteiger partial charge is 0.249 e. The summed E-state index contributed by atoms with van der Waals surface area (Å²) in [5, 5.41) is 12.3. The number of carbonyl (C=O) groups is 2. The highest BCUT2D eigenvalue weighted by atomic mass is 32.1. The minimum absolute atomic E-state index is 0.0512. The molecule has 1 atom stereocenters. The van der Waals surface area contributed by atoms with Crippen LogP contribution in [0.4, 0.5) is 5.13 Å². The quantitative estimate of drug-likeness (QED) is 0.915. The first kappa shape index (κ1) is 17.8. The highest BCUT2D eigenvalue weighted by Gasteiger charge is 2.35. The predicted octanol–water partition coefficient (Wildman–Crippen LogP) is 3.03. The number of likely N-dealkylation sites (tertiary alicyclic amines) is 1. The van der Waals surface area contributed by atoms with Gasteiger partial charge in [-0.05, 0) is 18.3 Å². The Bertz CT molecular complexity index is 577. The molecule has 1 aliphatic heterocycles. The minimum Gasteiger partial charge on any atom is -0.331 e. The summed E-state index contributed by atoms with van der Waals surface area (Å²) in [6.45, 7) is 10.8. The number of nitrogens with zero attached hydrogens (tertiary/aromatic N) is 3. The van der Waals surface area contributed by atoms with Gasteiger partial charge in [-0.2, -0.15) is 0 Å². The van der Waals surface area contributed by atoms with E-state index >= 15 is 0 Å². The number of hydrogen-bond acceptors (Lipinski definition) is 5. The summed E-state index contributed by atoms with van der Waals surface area (Å²) in [4.78, 5) is 26.7. The molecule has 2 heterocycles. The van der Waals surface area contributed by atoms with Crippen molar-refractivity contribution in [3.05, 3.63) is 5.01 Å². The first-order chi connectivity index (χ1) is 10.7. The van der Waals surface area contributed by atoms with E-state index in [0.717, 1.165) is 11.4 Å². The first-order valence-electron chi connectivity index (χ1n) is 8.11. The zero-order valence-electron chi connectivity index (χ0n) is 14.5. The van der Waals surface area contributed by atoms with Crippen LogP contribution in [0, 0.1) is 5.41 Å². The molecule has 1 aromatic heterocycles. The van der Waals surface area contributed by atoms with E-state index in [-0.39, 0.29) is 23.1 Å². The third kappa shape index (κ3) is 4.73. The highest BCUT2D eigenvalue weighted by Crippen LogP contribution is 2.27. The van der Waals surface area contributed by atoms with Crippen LogP contribution in [0.2, 0.25) is 0 Å². The third-order valence-corrected chi connectivity index (χ3v) is 4.86. The number of rotatable bonds is 4. The van der Waals surface area contributed by atoms with Gasteiger partial charge in [-0.15, -0.1) is 10.2 Å². The topological polar surface area (TPSA) is 75.2 Å². The number of anilines is 1. The zero-order chi connectivity index (χ0) is 17.2. The summed E-state index contributed by atoms with van der Waals surface area (Å²) in [6, 6.07) is -0.392. The lowest BCUT2D eigenvalue weighted by atomic mass is 9.91. The van der Waals surface area contributed by atoms with Gasteiger partial charge in [0.1, 0.15) is 11.0 Å². The summed E-state index contributed by atoms with van der Waals surface area (Å²) in [5.74, 6) is 0.181. The fourth-order valence-corrected chi connectivity index (χ4v) is 3.35. The lowest BCUT2D eigenvalue weighted by molar-refractivity contribution is -0.138. The van der Waals surface area contributed by atoms with Gasteiger partial charge in [0.2, 0.25) is 16.9 Å². The molecule has 0 aromatic carbocycles. The zero-order valence-corrected chi connectivity index (χ0v) is 15.4. The van der Waals surface area contributed by atoms with Crippen LogP contribution >= 0.6 is 11.3 Å². The molecule has 6 nitrogen and oxygen atoms in total. The van der Waals surface area contributed by atoms with Crippen molar-refractivity contribution in [3.63, 3.8) is 0 Å². The fourth-order valence-electron chi connectivity index (χ4n) is 2.60. The van der Waals surface area contributed by atoms with Gasteiger partial charge in [-0.25, -0.2) is 0 Å². The second kappa shape index (κ2) is 6.95. The monoisotopic (exact) mass is 338 g/mol. The molecule has 2 amide bonds. The van der Waals surface area contributed by atoms with Crippen LogP contribution in [0.5, 0.6) is 0 Å². The van der Waals surface area contributed by atoms with Crippen LogP contribution < -0.4 is 5.32 Å². The Morgan fingerprint density at radius 3 is 2.61 bits per heavy atom. The van der Waals surface area contributed by atoms with Gasteiger partial charge >= 0.3 is 0 Å². The van der Waals surface area contributed by atoms with E-state index in [1.54, 1.807) is 4.90 Å². The molecule has 1 aliphatic rings. The Morgan fingerprint density at radius 1 is 1.35 bits per heavy atom. The molecule has 1 fully saturated rings. The van der Waals surface area contributed by atoms with Crippen molar-refractivity contribution in [2.75, 3.05) is 11.9 Å². The second-order valence-electron chi connectivity index (χ2n) is 7.57. The van der Waals surface area contributed by atoms with Crippen molar-refractivity contribution < 1.29 is 9.59 Å². The van der Waals surface area contributed by atoms with Gasteiger partial charge in [-0.3, -0.25) is 14.9 Å². The summed E-state index contributed by atoms with van der Waals surface area (Å²) in [5.41, 5.74) is -0.0773. The Morgan fingerprint density at radius 2 is 2.04 bits per heavy atom. The Hall–Kier alpha value is -1.50. The largest absolute Gasteiger partial charge is 0.331 e. The van der Waals surface area contributed by atoms with Gasteiger partial charge in [0.15, 0.2) is 0 Å². The minimum atomic E-state index is -0.392. The molecule has 0 saturated carbocycles. The summed E-state index contributed by atoms with van der Waals surface area (Å²) in [7, 11) is 0. The normalized spacial score (nSPS) is 18.5. The fraction of sp³-hybridized carbons (Fsp3) is 0.750. The lowest BCUT2D eigenvalue weighted by Gasteiger charge is -2.27. The van der Waals surface area contributed by atoms with Gasteiger partial charge in [0.05, 0.1) is 0 Å². The Balaban J connectivity index is 2.01. The van der Waals surface area contributed by atoms with Gasteiger partial charge in [0.25, 0.3) is 0 Å². The molecule has 1 saturated heterocycles. The number of amides is 2. The Kier molecular flexibility index (Phi) is 5.39. The second-order valence-corrected chi connectivity index (χ2v) is 8.58. The molecular weight excluding hydrogens is 312 g/mol. The van der Waals surface area contributed by atoms with Crippen molar-refractivity contribution >= 4 is 28.3 Å². The van der Waals surface area contributed by atoms with E-state index in [1.165, 1.54) is 11.3 Å². The van der Waals surface area contributed by atoms with E-state index in [1.807, 2.05) is 34.6 Å². The molecule has 7 heteroatoms. The van der Waals surface area contributed by atoms with Crippen molar-refractivity contribution in [3.8, 4) is 0 Å². The summed E-state index contributed by atoms with van der Waals surface area (Å²) < 4.78 is 0.